The van der Waals surface area contributed by atoms with E-state index in [-0.39, 0.29) is 19.1 Å². The molecular formula is C22H25Cl2FN2O3. The van der Waals surface area contributed by atoms with Crippen LogP contribution in [0.1, 0.15) is 32.3 Å². The van der Waals surface area contributed by atoms with Gasteiger partial charge in [-0.3, -0.25) is 9.59 Å². The fourth-order valence-electron chi connectivity index (χ4n) is 2.71. The molecule has 0 aliphatic heterocycles. The molecule has 1 N–H and O–H groups in total. The van der Waals surface area contributed by atoms with Crippen molar-refractivity contribution in [2.24, 2.45) is 0 Å². The predicted molar refractivity (Wildman–Crippen MR) is 116 cm³/mol. The molecule has 0 radical (unpaired) electrons. The Morgan fingerprint density at radius 3 is 2.50 bits per heavy atom. The van der Waals surface area contributed by atoms with Gasteiger partial charge in [-0.15, -0.1) is 0 Å². The normalized spacial score (nSPS) is 11.6. The minimum Gasteiger partial charge on any atom is -0.484 e. The van der Waals surface area contributed by atoms with Crippen LogP contribution in [0, 0.1) is 5.82 Å². The molecule has 8 heteroatoms. The fraction of sp³-hybridized carbons (Fsp3) is 0.364. The Kier molecular flexibility index (Phi) is 9.40. The summed E-state index contributed by atoms with van der Waals surface area (Å²) in [6, 6.07) is 9.59. The van der Waals surface area contributed by atoms with Crippen LogP contribution in [0.15, 0.2) is 42.5 Å². The Hall–Kier alpha value is -2.31. The third kappa shape index (κ3) is 7.18. The molecule has 2 rings (SSSR count). The van der Waals surface area contributed by atoms with Gasteiger partial charge in [-0.2, -0.15) is 0 Å². The van der Waals surface area contributed by atoms with Gasteiger partial charge in [0.15, 0.2) is 6.61 Å². The summed E-state index contributed by atoms with van der Waals surface area (Å²) < 4.78 is 18.5. The molecular weight excluding hydrogens is 430 g/mol. The molecule has 0 spiro atoms. The number of unbranched alkanes of at least 4 members (excludes halogenated alkanes) is 1. The van der Waals surface area contributed by atoms with Crippen molar-refractivity contribution in [3.05, 3.63) is 63.9 Å². The highest BCUT2D eigenvalue weighted by Crippen LogP contribution is 2.23. The van der Waals surface area contributed by atoms with Crippen molar-refractivity contribution in [1.82, 2.24) is 10.2 Å². The topological polar surface area (TPSA) is 58.6 Å². The van der Waals surface area contributed by atoms with Crippen LogP contribution in [0.25, 0.3) is 0 Å². The largest absolute Gasteiger partial charge is 0.484 e. The molecule has 2 aromatic rings. The molecule has 2 aromatic carbocycles. The van der Waals surface area contributed by atoms with Gasteiger partial charge in [0.25, 0.3) is 5.91 Å². The van der Waals surface area contributed by atoms with Gasteiger partial charge < -0.3 is 15.0 Å². The van der Waals surface area contributed by atoms with E-state index in [9.17, 15) is 14.0 Å². The van der Waals surface area contributed by atoms with E-state index in [1.165, 1.54) is 29.2 Å². The van der Waals surface area contributed by atoms with Crippen LogP contribution in [-0.4, -0.2) is 35.9 Å². The van der Waals surface area contributed by atoms with Crippen LogP contribution in [0.4, 0.5) is 4.39 Å². The van der Waals surface area contributed by atoms with Crippen molar-refractivity contribution in [3.8, 4) is 5.75 Å². The van der Waals surface area contributed by atoms with Crippen LogP contribution >= 0.6 is 23.2 Å². The molecule has 0 aliphatic carbocycles. The van der Waals surface area contributed by atoms with Crippen molar-refractivity contribution in [2.45, 2.75) is 39.3 Å². The molecule has 0 saturated heterocycles. The van der Waals surface area contributed by atoms with Crippen molar-refractivity contribution >= 4 is 35.0 Å². The second-order valence-electron chi connectivity index (χ2n) is 6.82. The zero-order chi connectivity index (χ0) is 22.1. The molecule has 5 nitrogen and oxygen atoms in total. The van der Waals surface area contributed by atoms with Crippen LogP contribution in [0.2, 0.25) is 10.0 Å². The first-order chi connectivity index (χ1) is 14.3. The second kappa shape index (κ2) is 11.8. The Bertz CT molecular complexity index is 862. The molecule has 2 amide bonds. The van der Waals surface area contributed by atoms with E-state index < -0.39 is 17.8 Å². The second-order valence-corrected chi connectivity index (χ2v) is 7.66. The van der Waals surface area contributed by atoms with Gasteiger partial charge in [0, 0.05) is 23.1 Å². The van der Waals surface area contributed by atoms with Gasteiger partial charge in [-0.1, -0.05) is 42.6 Å². The van der Waals surface area contributed by atoms with E-state index >= 15 is 0 Å². The fourth-order valence-corrected chi connectivity index (χ4v) is 3.18. The van der Waals surface area contributed by atoms with Crippen molar-refractivity contribution in [2.75, 3.05) is 13.2 Å². The molecule has 162 valence electrons. The van der Waals surface area contributed by atoms with Gasteiger partial charge in [0.05, 0.1) is 0 Å². The molecule has 0 heterocycles. The van der Waals surface area contributed by atoms with E-state index in [1.807, 2.05) is 6.92 Å². The van der Waals surface area contributed by atoms with Gasteiger partial charge in [-0.05, 0) is 55.3 Å². The maximum absolute atomic E-state index is 13.0. The Balaban J connectivity index is 2.14. The summed E-state index contributed by atoms with van der Waals surface area (Å²) in [6.45, 7) is 4.03. The zero-order valence-electron chi connectivity index (χ0n) is 17.0. The average molecular weight is 455 g/mol. The summed E-state index contributed by atoms with van der Waals surface area (Å²) in [5, 5.41) is 3.72. The van der Waals surface area contributed by atoms with Crippen molar-refractivity contribution < 1.29 is 18.7 Å². The van der Waals surface area contributed by atoms with Gasteiger partial charge >= 0.3 is 0 Å². The summed E-state index contributed by atoms with van der Waals surface area (Å²) in [6.07, 6.45) is 1.80. The lowest BCUT2D eigenvalue weighted by molar-refractivity contribution is -0.142. The van der Waals surface area contributed by atoms with E-state index in [1.54, 1.807) is 25.1 Å². The third-order valence-electron chi connectivity index (χ3n) is 4.53. The molecule has 0 bridgehead atoms. The smallest absolute Gasteiger partial charge is 0.261 e. The van der Waals surface area contributed by atoms with Gasteiger partial charge in [0.1, 0.15) is 17.6 Å². The number of ether oxygens (including phenoxy) is 1. The molecule has 0 fully saturated rings. The SMILES string of the molecule is CCCCNC(=O)[C@H](C)N(Cc1ccc(Cl)cc1Cl)C(=O)COc1ccc(F)cc1. The van der Waals surface area contributed by atoms with Crippen molar-refractivity contribution in [1.29, 1.82) is 0 Å². The quantitative estimate of drug-likeness (QED) is 0.522. The Morgan fingerprint density at radius 2 is 1.87 bits per heavy atom. The Morgan fingerprint density at radius 1 is 1.17 bits per heavy atom. The summed E-state index contributed by atoms with van der Waals surface area (Å²) >= 11 is 12.2. The number of nitrogens with zero attached hydrogens (tertiary/aromatic N) is 1. The predicted octanol–water partition coefficient (Wildman–Crippen LogP) is 4.84. The number of halogens is 3. The number of benzene rings is 2. The van der Waals surface area contributed by atoms with Crippen LogP contribution in [0.5, 0.6) is 5.75 Å². The number of carbonyl (C=O) groups is 2. The van der Waals surface area contributed by atoms with Crippen LogP contribution in [0.3, 0.4) is 0 Å². The van der Waals surface area contributed by atoms with E-state index in [0.717, 1.165) is 12.8 Å². The molecule has 1 atom stereocenters. The molecule has 30 heavy (non-hydrogen) atoms. The van der Waals surface area contributed by atoms with Crippen LogP contribution in [-0.2, 0) is 16.1 Å². The van der Waals surface area contributed by atoms with E-state index in [4.69, 9.17) is 27.9 Å². The zero-order valence-corrected chi connectivity index (χ0v) is 18.5. The maximum Gasteiger partial charge on any atom is 0.261 e. The number of hydrogen-bond donors (Lipinski definition) is 1. The highest BCUT2D eigenvalue weighted by Gasteiger charge is 2.27. The Labute approximate surface area is 186 Å². The lowest BCUT2D eigenvalue weighted by Crippen LogP contribution is -2.49. The lowest BCUT2D eigenvalue weighted by Gasteiger charge is -2.29. The number of carbonyl (C=O) groups excluding carboxylic acids is 2. The number of amides is 2. The highest BCUT2D eigenvalue weighted by molar-refractivity contribution is 6.35. The molecule has 0 saturated carbocycles. The molecule has 0 unspecified atom stereocenters. The standard InChI is InChI=1S/C22H25Cl2FN2O3/c1-3-4-11-26-22(29)15(2)27(13-16-5-6-17(23)12-20(16)24)21(28)14-30-19-9-7-18(25)8-10-19/h5-10,12,15H,3-4,11,13-14H2,1-2H3,(H,26,29)/t15-/m0/s1. The minimum atomic E-state index is -0.738. The maximum atomic E-state index is 13.0. The molecule has 0 aromatic heterocycles. The summed E-state index contributed by atoms with van der Waals surface area (Å²) in [7, 11) is 0. The third-order valence-corrected chi connectivity index (χ3v) is 5.12. The van der Waals surface area contributed by atoms with E-state index in [2.05, 4.69) is 5.32 Å². The number of nitrogens with one attached hydrogen (secondary N) is 1. The van der Waals surface area contributed by atoms with Gasteiger partial charge in [0.2, 0.25) is 5.91 Å². The van der Waals surface area contributed by atoms with Crippen molar-refractivity contribution in [3.63, 3.8) is 0 Å². The number of hydrogen-bond acceptors (Lipinski definition) is 3. The first-order valence-corrected chi connectivity index (χ1v) is 10.5. The number of rotatable bonds is 10. The minimum absolute atomic E-state index is 0.115. The summed E-state index contributed by atoms with van der Waals surface area (Å²) in [5.74, 6) is -0.702. The monoisotopic (exact) mass is 454 g/mol. The van der Waals surface area contributed by atoms with Gasteiger partial charge in [-0.25, -0.2) is 4.39 Å². The average Bonchev–Trinajstić information content (AvgIpc) is 2.72. The first kappa shape index (κ1) is 24.0. The van der Waals surface area contributed by atoms with Crippen LogP contribution < -0.4 is 10.1 Å². The summed E-state index contributed by atoms with van der Waals surface area (Å²) in [4.78, 5) is 26.9. The first-order valence-electron chi connectivity index (χ1n) is 9.71. The highest BCUT2D eigenvalue weighted by atomic mass is 35.5. The summed E-state index contributed by atoms with van der Waals surface area (Å²) in [5.41, 5.74) is 0.657. The van der Waals surface area contributed by atoms with E-state index in [0.29, 0.717) is 27.9 Å². The lowest BCUT2D eigenvalue weighted by atomic mass is 10.1. The molecule has 0 aliphatic rings.